The van der Waals surface area contributed by atoms with Gasteiger partial charge in [0.05, 0.1) is 0 Å². The van der Waals surface area contributed by atoms with Gasteiger partial charge in [-0.2, -0.15) is 0 Å². The van der Waals surface area contributed by atoms with Crippen molar-refractivity contribution >= 4 is 17.5 Å². The maximum atomic E-state index is 13.4. The Morgan fingerprint density at radius 1 is 1.09 bits per heavy atom. The van der Waals surface area contributed by atoms with Crippen molar-refractivity contribution in [3.8, 4) is 0 Å². The molecule has 0 aromatic carbocycles. The lowest BCUT2D eigenvalue weighted by Gasteiger charge is -2.58. The zero-order valence-corrected chi connectivity index (χ0v) is 21.6. The van der Waals surface area contributed by atoms with Crippen molar-refractivity contribution in [2.75, 3.05) is 0 Å². The fourth-order valence-electron chi connectivity index (χ4n) is 8.49. The summed E-state index contributed by atoms with van der Waals surface area (Å²) in [7, 11) is 0. The summed E-state index contributed by atoms with van der Waals surface area (Å²) in [6.45, 7) is 12.6. The highest BCUT2D eigenvalue weighted by Crippen LogP contribution is 2.66. The predicted molar refractivity (Wildman–Crippen MR) is 129 cm³/mol. The molecule has 3 fully saturated rings. The molecule has 0 amide bonds. The molecule has 33 heavy (non-hydrogen) atoms. The van der Waals surface area contributed by atoms with Crippen LogP contribution in [0.2, 0.25) is 0 Å². The molecule has 4 nitrogen and oxygen atoms in total. The highest BCUT2D eigenvalue weighted by Gasteiger charge is 2.62. The largest absolute Gasteiger partial charge is 0.462 e. The zero-order chi connectivity index (χ0) is 24.1. The predicted octanol–water partition coefficient (Wildman–Crippen LogP) is 6.32. The summed E-state index contributed by atoms with van der Waals surface area (Å²) in [5, 5.41) is 0. The molecule has 0 spiro atoms. The molecule has 0 aromatic heterocycles. The lowest BCUT2D eigenvalue weighted by molar-refractivity contribution is -0.148. The number of Topliss-reactive ketones (excluding diaryl/α,β-unsaturated/α-hetero) is 2. The van der Waals surface area contributed by atoms with E-state index in [1.54, 1.807) is 0 Å². The molecule has 0 N–H and O–H groups in total. The third-order valence-corrected chi connectivity index (χ3v) is 10.3. The highest BCUT2D eigenvalue weighted by molar-refractivity contribution is 5.92. The minimum atomic E-state index is -0.182. The monoisotopic (exact) mass is 456 g/mol. The molecule has 4 aliphatic carbocycles. The maximum absolute atomic E-state index is 13.4. The first-order valence-corrected chi connectivity index (χ1v) is 13.4. The van der Waals surface area contributed by atoms with Crippen molar-refractivity contribution in [2.45, 2.75) is 105 Å². The van der Waals surface area contributed by atoms with Gasteiger partial charge in [0.25, 0.3) is 0 Å². The van der Waals surface area contributed by atoms with E-state index >= 15 is 0 Å². The number of hydrogen-bond acceptors (Lipinski definition) is 4. The van der Waals surface area contributed by atoms with E-state index in [0.29, 0.717) is 42.3 Å². The molecule has 3 saturated carbocycles. The van der Waals surface area contributed by atoms with Crippen LogP contribution in [0.4, 0.5) is 0 Å². The normalized spacial score (nSPS) is 41.0. The zero-order valence-electron chi connectivity index (χ0n) is 21.6. The Morgan fingerprint density at radius 3 is 2.48 bits per heavy atom. The van der Waals surface area contributed by atoms with Crippen LogP contribution < -0.4 is 0 Å². The van der Waals surface area contributed by atoms with Gasteiger partial charge in [-0.3, -0.25) is 14.4 Å². The standard InChI is InChI=1S/C29H44O4/c1-17(2)7-10-25(31)18(3)27-26(32)16-24-22-9-8-20-15-21(33-19(4)30)11-13-28(20,5)23(22)12-14-29(24,27)6/h8,17-18,21-24,27H,7,9-16H2,1-6H3/t18-,21+,22-,23+,24+,27+,28+,29+/m1/s1. The molecule has 0 unspecified atom stereocenters. The summed E-state index contributed by atoms with van der Waals surface area (Å²) in [6, 6.07) is 0. The number of carbonyl (C=O) groups is 3. The van der Waals surface area contributed by atoms with Gasteiger partial charge in [0.15, 0.2) is 0 Å². The Bertz CT molecular complexity index is 841. The third kappa shape index (κ3) is 4.25. The van der Waals surface area contributed by atoms with Crippen LogP contribution in [0.5, 0.6) is 0 Å². The van der Waals surface area contributed by atoms with Gasteiger partial charge < -0.3 is 4.74 Å². The number of esters is 1. The Morgan fingerprint density at radius 2 is 1.82 bits per heavy atom. The molecule has 0 radical (unpaired) electrons. The second kappa shape index (κ2) is 8.96. The van der Waals surface area contributed by atoms with Gasteiger partial charge in [-0.1, -0.05) is 46.3 Å². The number of fused-ring (bicyclic) bond motifs is 5. The second-order valence-corrected chi connectivity index (χ2v) is 12.6. The number of ether oxygens (including phenoxy) is 1. The number of carbonyl (C=O) groups excluding carboxylic acids is 3. The molecule has 4 rings (SSSR count). The lowest BCUT2D eigenvalue weighted by atomic mass is 9.47. The van der Waals surface area contributed by atoms with E-state index in [-0.39, 0.29) is 40.5 Å². The summed E-state index contributed by atoms with van der Waals surface area (Å²) in [6.07, 6.45) is 10.7. The van der Waals surface area contributed by atoms with Crippen molar-refractivity contribution in [1.29, 1.82) is 0 Å². The molecule has 0 aromatic rings. The third-order valence-electron chi connectivity index (χ3n) is 10.3. The molecule has 0 bridgehead atoms. The van der Waals surface area contributed by atoms with Crippen LogP contribution >= 0.6 is 0 Å². The summed E-state index contributed by atoms with van der Waals surface area (Å²) < 4.78 is 5.56. The fraction of sp³-hybridized carbons (Fsp3) is 0.828. The van der Waals surface area contributed by atoms with Crippen molar-refractivity contribution in [3.05, 3.63) is 11.6 Å². The minimum absolute atomic E-state index is 0.0161. The number of hydrogen-bond donors (Lipinski definition) is 0. The molecule has 0 aliphatic heterocycles. The molecule has 184 valence electrons. The molecular weight excluding hydrogens is 412 g/mol. The first kappa shape index (κ1) is 24.7. The number of rotatable bonds is 6. The number of ketones is 2. The van der Waals surface area contributed by atoms with E-state index in [9.17, 15) is 14.4 Å². The lowest BCUT2D eigenvalue weighted by Crippen LogP contribution is -2.51. The van der Waals surface area contributed by atoms with Crippen LogP contribution in [0.15, 0.2) is 11.6 Å². The van der Waals surface area contributed by atoms with Gasteiger partial charge in [0, 0.05) is 38.0 Å². The fourth-order valence-corrected chi connectivity index (χ4v) is 8.49. The van der Waals surface area contributed by atoms with Crippen molar-refractivity contribution < 1.29 is 19.1 Å². The highest BCUT2D eigenvalue weighted by atomic mass is 16.5. The molecule has 0 saturated heterocycles. The van der Waals surface area contributed by atoms with Crippen LogP contribution in [0, 0.1) is 46.3 Å². The Kier molecular flexibility index (Phi) is 6.70. The SMILES string of the molecule is CC(=O)O[C@H]1CC[C@@]2(C)C(=CC[C@H]3[C@@H]4CC(=O)[C@H]([C@H](C)C(=O)CCC(C)C)[C@@]4(C)CC[C@@H]32)C1. The van der Waals surface area contributed by atoms with E-state index in [1.807, 2.05) is 6.92 Å². The van der Waals surface area contributed by atoms with Crippen LogP contribution in [0.25, 0.3) is 0 Å². The molecule has 8 atom stereocenters. The van der Waals surface area contributed by atoms with Crippen LogP contribution in [-0.2, 0) is 19.1 Å². The van der Waals surface area contributed by atoms with Crippen molar-refractivity contribution in [3.63, 3.8) is 0 Å². The Hall–Kier alpha value is -1.45. The van der Waals surface area contributed by atoms with E-state index in [0.717, 1.165) is 44.9 Å². The van der Waals surface area contributed by atoms with Gasteiger partial charge in [-0.25, -0.2) is 0 Å². The molecule has 4 aliphatic rings. The smallest absolute Gasteiger partial charge is 0.302 e. The minimum Gasteiger partial charge on any atom is -0.462 e. The summed E-state index contributed by atoms with van der Waals surface area (Å²) in [4.78, 5) is 37.9. The topological polar surface area (TPSA) is 60.4 Å². The van der Waals surface area contributed by atoms with E-state index in [4.69, 9.17) is 4.74 Å². The van der Waals surface area contributed by atoms with E-state index in [1.165, 1.54) is 12.5 Å². The quantitative estimate of drug-likeness (QED) is 0.347. The summed E-state index contributed by atoms with van der Waals surface area (Å²) in [5.41, 5.74) is 1.57. The average molecular weight is 457 g/mol. The molecular formula is C29H44O4. The Labute approximate surface area is 200 Å². The maximum Gasteiger partial charge on any atom is 0.302 e. The van der Waals surface area contributed by atoms with Crippen LogP contribution in [0.1, 0.15) is 99.3 Å². The van der Waals surface area contributed by atoms with Gasteiger partial charge >= 0.3 is 5.97 Å². The first-order chi connectivity index (χ1) is 15.5. The van der Waals surface area contributed by atoms with Crippen molar-refractivity contribution in [1.82, 2.24) is 0 Å². The van der Waals surface area contributed by atoms with Gasteiger partial charge in [0.2, 0.25) is 0 Å². The number of allylic oxidation sites excluding steroid dienone is 1. The summed E-state index contributed by atoms with van der Waals surface area (Å²) >= 11 is 0. The first-order valence-electron chi connectivity index (χ1n) is 13.4. The van der Waals surface area contributed by atoms with Crippen LogP contribution in [0.3, 0.4) is 0 Å². The Balaban J connectivity index is 1.54. The van der Waals surface area contributed by atoms with Crippen molar-refractivity contribution in [2.24, 2.45) is 46.3 Å². The van der Waals surface area contributed by atoms with E-state index < -0.39 is 0 Å². The van der Waals surface area contributed by atoms with Crippen LogP contribution in [-0.4, -0.2) is 23.6 Å². The molecule has 4 heteroatoms. The van der Waals surface area contributed by atoms with Gasteiger partial charge in [0.1, 0.15) is 17.7 Å². The average Bonchev–Trinajstić information content (AvgIpc) is 3.01. The summed E-state index contributed by atoms with van der Waals surface area (Å²) in [5.74, 6) is 2.18. The van der Waals surface area contributed by atoms with Gasteiger partial charge in [-0.05, 0) is 73.0 Å². The van der Waals surface area contributed by atoms with Gasteiger partial charge in [-0.15, -0.1) is 0 Å². The molecule has 0 heterocycles. The van der Waals surface area contributed by atoms with E-state index in [2.05, 4.69) is 33.8 Å². The second-order valence-electron chi connectivity index (χ2n) is 12.6.